The number of aryl methyl sites for hydroxylation is 1. The van der Waals surface area contributed by atoms with Gasteiger partial charge in [-0.2, -0.15) is 13.2 Å². The maximum Gasteiger partial charge on any atom is 0.418 e. The van der Waals surface area contributed by atoms with E-state index in [4.69, 9.17) is 0 Å². The lowest BCUT2D eigenvalue weighted by Gasteiger charge is -2.31. The molecule has 3 amide bonds. The monoisotopic (exact) mass is 652 g/mol. The lowest BCUT2D eigenvalue weighted by atomic mass is 9.83. The third kappa shape index (κ3) is 5.54. The minimum atomic E-state index is -4.80. The van der Waals surface area contributed by atoms with Crippen LogP contribution >= 0.6 is 23.1 Å². The molecule has 0 spiro atoms. The van der Waals surface area contributed by atoms with Crippen LogP contribution in [-0.2, 0) is 27.1 Å². The fraction of sp³-hybridized carbons (Fsp3) is 0.250. The highest BCUT2D eigenvalue weighted by atomic mass is 32.2. The molecule has 3 heterocycles. The number of para-hydroxylation sites is 1. The molecule has 0 radical (unpaired) electrons. The number of hydrogen-bond donors (Lipinski definition) is 1. The number of thioether (sulfide) groups is 1. The Hall–Kier alpha value is -4.36. The molecule has 45 heavy (non-hydrogen) atoms. The number of halogens is 3. The Bertz CT molecular complexity index is 1880. The summed E-state index contributed by atoms with van der Waals surface area (Å²) in [4.78, 5) is 57.0. The second-order valence-electron chi connectivity index (χ2n) is 11.1. The van der Waals surface area contributed by atoms with Crippen LogP contribution in [0.5, 0.6) is 0 Å². The molecular weight excluding hydrogens is 626 g/mol. The first-order valence-electron chi connectivity index (χ1n) is 13.9. The molecule has 4 aromatic rings. The molecule has 3 aromatic carbocycles. The van der Waals surface area contributed by atoms with Crippen molar-refractivity contribution >= 4 is 57.9 Å². The highest BCUT2D eigenvalue weighted by molar-refractivity contribution is 8.00. The minimum absolute atomic E-state index is 0.347. The Morgan fingerprint density at radius 2 is 1.67 bits per heavy atom. The largest absolute Gasteiger partial charge is 0.418 e. The first-order chi connectivity index (χ1) is 21.3. The molecule has 3 atom stereocenters. The zero-order valence-electron chi connectivity index (χ0n) is 24.3. The van der Waals surface area contributed by atoms with Gasteiger partial charge in [0, 0.05) is 36.3 Å². The van der Waals surface area contributed by atoms with E-state index in [1.54, 1.807) is 30.3 Å². The van der Waals surface area contributed by atoms with E-state index in [1.165, 1.54) is 16.7 Å². The summed E-state index contributed by atoms with van der Waals surface area (Å²) in [6, 6.07) is 18.9. The van der Waals surface area contributed by atoms with Gasteiger partial charge in [0.2, 0.25) is 17.7 Å². The third-order valence-electron chi connectivity index (χ3n) is 7.87. The molecule has 232 valence electrons. The fourth-order valence-electron chi connectivity index (χ4n) is 5.81. The van der Waals surface area contributed by atoms with Gasteiger partial charge in [0.1, 0.15) is 11.8 Å². The van der Waals surface area contributed by atoms with E-state index in [1.807, 2.05) is 44.1 Å². The summed E-state index contributed by atoms with van der Waals surface area (Å²) in [6.45, 7) is 1.53. The predicted octanol–water partition coefficient (Wildman–Crippen LogP) is 5.74. The van der Waals surface area contributed by atoms with E-state index in [2.05, 4.69) is 5.32 Å². The number of carbonyl (C=O) groups excluding carboxylic acids is 3. The standard InChI is InChI=1S/C32H27F3N4O4S2/c1-17-7-6-8-19(15-17)36-23(40)16-38-30-27(45-31(38)43)24(18-11-13-20(14-12-18)37(2)3)25-26(44-30)29(42)39(28(25)41)22-10-5-4-9-21(22)32(33,34)35/h4-15,24-26H,16H2,1-3H3,(H,36,40)/t24-,25-,26+/m0/s1. The van der Waals surface area contributed by atoms with Gasteiger partial charge in [0.15, 0.2) is 0 Å². The lowest BCUT2D eigenvalue weighted by molar-refractivity contribution is -0.137. The molecular formula is C32H27F3N4O4S2. The van der Waals surface area contributed by atoms with Crippen molar-refractivity contribution in [3.8, 4) is 0 Å². The van der Waals surface area contributed by atoms with Crippen LogP contribution < -0.4 is 20.0 Å². The van der Waals surface area contributed by atoms with Gasteiger partial charge in [-0.1, -0.05) is 59.5 Å². The van der Waals surface area contributed by atoms with Crippen molar-refractivity contribution in [3.05, 3.63) is 104 Å². The van der Waals surface area contributed by atoms with E-state index in [-0.39, 0.29) is 6.54 Å². The highest BCUT2D eigenvalue weighted by Crippen LogP contribution is 2.54. The number of hydrogen-bond acceptors (Lipinski definition) is 7. The molecule has 1 saturated heterocycles. The molecule has 0 aliphatic carbocycles. The van der Waals surface area contributed by atoms with E-state index in [0.717, 1.165) is 46.5 Å². The molecule has 1 aromatic heterocycles. The SMILES string of the molecule is Cc1cccc(NC(=O)Cn2c3c(sc2=O)[C@@H](c2ccc(N(C)C)cc2)[C@@H]2C(=O)N(c4ccccc4C(F)(F)F)C(=O)[C@@H]2S3)c1. The Labute approximate surface area is 264 Å². The van der Waals surface area contributed by atoms with Gasteiger partial charge in [-0.15, -0.1) is 0 Å². The van der Waals surface area contributed by atoms with Crippen LogP contribution in [0.4, 0.5) is 30.2 Å². The molecule has 1 fully saturated rings. The topological polar surface area (TPSA) is 91.7 Å². The molecule has 2 aliphatic rings. The van der Waals surface area contributed by atoms with Crippen LogP contribution in [-0.4, -0.2) is 41.6 Å². The molecule has 2 aliphatic heterocycles. The number of aromatic nitrogens is 1. The second-order valence-corrected chi connectivity index (χ2v) is 13.2. The number of alkyl halides is 3. The summed E-state index contributed by atoms with van der Waals surface area (Å²) in [5.41, 5.74) is 1.36. The first kappa shape index (κ1) is 30.7. The lowest BCUT2D eigenvalue weighted by Crippen LogP contribution is -2.33. The number of amides is 3. The molecule has 13 heteroatoms. The summed E-state index contributed by atoms with van der Waals surface area (Å²) in [6.07, 6.45) is -4.80. The van der Waals surface area contributed by atoms with E-state index >= 15 is 0 Å². The number of thiazole rings is 1. The van der Waals surface area contributed by atoms with Crippen molar-refractivity contribution in [3.63, 3.8) is 0 Å². The summed E-state index contributed by atoms with van der Waals surface area (Å²) < 4.78 is 43.3. The van der Waals surface area contributed by atoms with Crippen LogP contribution in [0.1, 0.15) is 27.5 Å². The second kappa shape index (κ2) is 11.5. The van der Waals surface area contributed by atoms with Crippen LogP contribution in [0.15, 0.2) is 82.6 Å². The molecule has 6 rings (SSSR count). The van der Waals surface area contributed by atoms with Crippen molar-refractivity contribution in [1.29, 1.82) is 0 Å². The first-order valence-corrected chi connectivity index (χ1v) is 15.6. The third-order valence-corrected chi connectivity index (χ3v) is 10.5. The Kier molecular flexibility index (Phi) is 7.86. The number of rotatable bonds is 6. The minimum Gasteiger partial charge on any atom is -0.378 e. The number of nitrogens with one attached hydrogen (secondary N) is 1. The Morgan fingerprint density at radius 3 is 2.33 bits per heavy atom. The molecule has 0 saturated carbocycles. The number of carbonyl (C=O) groups is 3. The zero-order valence-corrected chi connectivity index (χ0v) is 25.9. The molecule has 0 bridgehead atoms. The summed E-state index contributed by atoms with van der Waals surface area (Å²) in [7, 11) is 3.73. The van der Waals surface area contributed by atoms with Crippen molar-refractivity contribution in [1.82, 2.24) is 4.57 Å². The van der Waals surface area contributed by atoms with Crippen LogP contribution in [0, 0.1) is 12.8 Å². The normalized spacial score (nSPS) is 19.3. The number of benzene rings is 3. The van der Waals surface area contributed by atoms with Crippen molar-refractivity contribution in [2.24, 2.45) is 5.92 Å². The van der Waals surface area contributed by atoms with Crippen LogP contribution in [0.2, 0.25) is 0 Å². The van der Waals surface area contributed by atoms with Crippen molar-refractivity contribution in [2.75, 3.05) is 29.2 Å². The summed E-state index contributed by atoms with van der Waals surface area (Å²) >= 11 is 1.82. The zero-order chi connectivity index (χ0) is 32.2. The molecule has 8 nitrogen and oxygen atoms in total. The van der Waals surface area contributed by atoms with Gasteiger partial charge in [-0.05, 0) is 54.4 Å². The fourth-order valence-corrected chi connectivity index (χ4v) is 8.58. The predicted molar refractivity (Wildman–Crippen MR) is 168 cm³/mol. The average molecular weight is 653 g/mol. The van der Waals surface area contributed by atoms with E-state index < -0.39 is 57.1 Å². The average Bonchev–Trinajstić information content (AvgIpc) is 3.42. The summed E-state index contributed by atoms with van der Waals surface area (Å²) in [5.74, 6) is -3.92. The number of nitrogens with zero attached hydrogens (tertiary/aromatic N) is 3. The maximum atomic E-state index is 14.1. The van der Waals surface area contributed by atoms with Gasteiger partial charge in [-0.3, -0.25) is 23.7 Å². The molecule has 0 unspecified atom stereocenters. The maximum absolute atomic E-state index is 14.1. The van der Waals surface area contributed by atoms with Gasteiger partial charge >= 0.3 is 11.0 Å². The smallest absolute Gasteiger partial charge is 0.378 e. The quantitative estimate of drug-likeness (QED) is 0.268. The van der Waals surface area contributed by atoms with Gasteiger partial charge in [0.05, 0.1) is 22.2 Å². The number of fused-ring (bicyclic) bond motifs is 2. The van der Waals surface area contributed by atoms with Crippen molar-refractivity contribution in [2.45, 2.75) is 35.8 Å². The number of imide groups is 1. The van der Waals surface area contributed by atoms with Crippen LogP contribution in [0.3, 0.4) is 0 Å². The molecule has 1 N–H and O–H groups in total. The number of anilines is 3. The Balaban J connectivity index is 1.44. The van der Waals surface area contributed by atoms with Gasteiger partial charge < -0.3 is 10.2 Å². The highest BCUT2D eigenvalue weighted by Gasteiger charge is 2.57. The van der Waals surface area contributed by atoms with Gasteiger partial charge in [0.25, 0.3) is 0 Å². The van der Waals surface area contributed by atoms with Gasteiger partial charge in [-0.25, -0.2) is 4.90 Å². The van der Waals surface area contributed by atoms with Crippen molar-refractivity contribution < 1.29 is 27.6 Å². The summed E-state index contributed by atoms with van der Waals surface area (Å²) in [5, 5.41) is 2.01. The van der Waals surface area contributed by atoms with Crippen LogP contribution in [0.25, 0.3) is 0 Å². The Morgan fingerprint density at radius 1 is 0.956 bits per heavy atom. The van der Waals surface area contributed by atoms with E-state index in [0.29, 0.717) is 26.1 Å². The van der Waals surface area contributed by atoms with E-state index in [9.17, 15) is 32.3 Å².